The molecule has 0 aliphatic heterocycles. The third-order valence-corrected chi connectivity index (χ3v) is 4.83. The van der Waals surface area contributed by atoms with E-state index < -0.39 is 16.0 Å². The van der Waals surface area contributed by atoms with Crippen molar-refractivity contribution in [2.45, 2.75) is 11.3 Å². The second-order valence-electron chi connectivity index (χ2n) is 4.42. The maximum absolute atomic E-state index is 12.5. The number of ether oxygens (including phenoxy) is 2. The van der Waals surface area contributed by atoms with Crippen LogP contribution in [0.3, 0.4) is 0 Å². The lowest BCUT2D eigenvalue weighted by Crippen LogP contribution is -2.30. The average Bonchev–Trinajstić information content (AvgIpc) is 2.46. The zero-order valence-corrected chi connectivity index (χ0v) is 13.1. The van der Waals surface area contributed by atoms with E-state index in [1.807, 2.05) is 0 Å². The Morgan fingerprint density at radius 3 is 2.57 bits per heavy atom. The Hall–Kier alpha value is -1.64. The average molecular weight is 316 g/mol. The Labute approximate surface area is 124 Å². The Bertz CT molecular complexity index is 601. The van der Waals surface area contributed by atoms with E-state index in [4.69, 9.17) is 10.5 Å². The van der Waals surface area contributed by atoms with Gasteiger partial charge in [-0.2, -0.15) is 0 Å². The SMILES string of the molecule is COCCCN(C)S(=O)(=O)c1ccc(N)cc1C(=O)OC. The lowest BCUT2D eigenvalue weighted by Gasteiger charge is -2.18. The number of nitrogens with zero attached hydrogens (tertiary/aromatic N) is 1. The highest BCUT2D eigenvalue weighted by atomic mass is 32.2. The molecule has 7 nitrogen and oxygen atoms in total. The minimum atomic E-state index is -3.80. The number of methoxy groups -OCH3 is 2. The van der Waals surface area contributed by atoms with Crippen LogP contribution >= 0.6 is 0 Å². The molecule has 0 aliphatic carbocycles. The first-order valence-electron chi connectivity index (χ1n) is 6.27. The highest BCUT2D eigenvalue weighted by Gasteiger charge is 2.27. The molecule has 1 aromatic carbocycles. The first-order valence-corrected chi connectivity index (χ1v) is 7.71. The van der Waals surface area contributed by atoms with Crippen molar-refractivity contribution in [2.75, 3.05) is 40.2 Å². The van der Waals surface area contributed by atoms with Gasteiger partial charge in [0.2, 0.25) is 10.0 Å². The van der Waals surface area contributed by atoms with Crippen molar-refractivity contribution in [3.8, 4) is 0 Å². The molecule has 1 rings (SSSR count). The topological polar surface area (TPSA) is 98.9 Å². The molecule has 0 amide bonds. The van der Waals surface area contributed by atoms with Crippen LogP contribution in [0.5, 0.6) is 0 Å². The number of benzene rings is 1. The predicted octanol–water partition coefficient (Wildman–Crippen LogP) is 0.712. The van der Waals surface area contributed by atoms with Crippen LogP contribution in [0.25, 0.3) is 0 Å². The third kappa shape index (κ3) is 4.16. The number of carbonyl (C=O) groups excluding carboxylic acids is 1. The molecule has 0 bridgehead atoms. The van der Waals surface area contributed by atoms with Gasteiger partial charge in [-0.3, -0.25) is 0 Å². The summed E-state index contributed by atoms with van der Waals surface area (Å²) >= 11 is 0. The van der Waals surface area contributed by atoms with Gasteiger partial charge in [-0.15, -0.1) is 0 Å². The molecule has 0 saturated heterocycles. The van der Waals surface area contributed by atoms with Crippen molar-refractivity contribution in [3.63, 3.8) is 0 Å². The van der Waals surface area contributed by atoms with Crippen LogP contribution in [0.1, 0.15) is 16.8 Å². The summed E-state index contributed by atoms with van der Waals surface area (Å²) in [6.07, 6.45) is 0.550. The molecule has 0 heterocycles. The molecule has 0 aromatic heterocycles. The van der Waals surface area contributed by atoms with Gasteiger partial charge < -0.3 is 15.2 Å². The molecule has 0 spiro atoms. The van der Waals surface area contributed by atoms with Gasteiger partial charge >= 0.3 is 5.97 Å². The van der Waals surface area contributed by atoms with Crippen LogP contribution in [-0.2, 0) is 19.5 Å². The zero-order chi connectivity index (χ0) is 16.0. The summed E-state index contributed by atoms with van der Waals surface area (Å²) in [5, 5.41) is 0. The molecule has 1 aromatic rings. The maximum Gasteiger partial charge on any atom is 0.339 e. The second-order valence-corrected chi connectivity index (χ2v) is 6.43. The maximum atomic E-state index is 12.5. The Morgan fingerprint density at radius 1 is 1.33 bits per heavy atom. The highest BCUT2D eigenvalue weighted by molar-refractivity contribution is 7.89. The van der Waals surface area contributed by atoms with Gasteiger partial charge in [-0.25, -0.2) is 17.5 Å². The number of nitrogens with two attached hydrogens (primary N) is 1. The molecule has 118 valence electrons. The molecule has 0 saturated carbocycles. The number of anilines is 1. The van der Waals surface area contributed by atoms with Crippen LogP contribution in [0.2, 0.25) is 0 Å². The van der Waals surface area contributed by atoms with Gasteiger partial charge in [-0.1, -0.05) is 0 Å². The largest absolute Gasteiger partial charge is 0.465 e. The van der Waals surface area contributed by atoms with Gasteiger partial charge in [0.25, 0.3) is 0 Å². The summed E-state index contributed by atoms with van der Waals surface area (Å²) in [5.41, 5.74) is 5.82. The van der Waals surface area contributed by atoms with E-state index >= 15 is 0 Å². The number of esters is 1. The Kier molecular flexibility index (Phi) is 6.13. The molecule has 21 heavy (non-hydrogen) atoms. The summed E-state index contributed by atoms with van der Waals surface area (Å²) in [6.45, 7) is 0.729. The van der Waals surface area contributed by atoms with Gasteiger partial charge in [0.15, 0.2) is 0 Å². The summed E-state index contributed by atoms with van der Waals surface area (Å²) in [7, 11) is 0.376. The highest BCUT2D eigenvalue weighted by Crippen LogP contribution is 2.22. The lowest BCUT2D eigenvalue weighted by atomic mass is 10.2. The second kappa shape index (κ2) is 7.39. The fourth-order valence-corrected chi connectivity index (χ4v) is 3.13. The summed E-state index contributed by atoms with van der Waals surface area (Å²) in [5.74, 6) is -0.744. The molecule has 0 aliphatic rings. The van der Waals surface area contributed by atoms with Crippen molar-refractivity contribution in [3.05, 3.63) is 23.8 Å². The van der Waals surface area contributed by atoms with Crippen LogP contribution in [-0.4, -0.2) is 53.1 Å². The van der Waals surface area contributed by atoms with E-state index in [1.165, 1.54) is 36.7 Å². The van der Waals surface area contributed by atoms with E-state index in [2.05, 4.69) is 4.74 Å². The Morgan fingerprint density at radius 2 is 2.00 bits per heavy atom. The van der Waals surface area contributed by atoms with Gasteiger partial charge in [0.1, 0.15) is 0 Å². The number of nitrogen functional groups attached to an aromatic ring is 1. The van der Waals surface area contributed by atoms with Gasteiger partial charge in [0, 0.05) is 33.0 Å². The first-order chi connectivity index (χ1) is 9.84. The van der Waals surface area contributed by atoms with Crippen molar-refractivity contribution < 1.29 is 22.7 Å². The van der Waals surface area contributed by atoms with Crippen LogP contribution in [0, 0.1) is 0 Å². The number of carbonyl (C=O) groups is 1. The number of sulfonamides is 1. The molecule has 8 heteroatoms. The van der Waals surface area contributed by atoms with Gasteiger partial charge in [-0.05, 0) is 24.6 Å². The monoisotopic (exact) mass is 316 g/mol. The smallest absolute Gasteiger partial charge is 0.339 e. The van der Waals surface area contributed by atoms with Crippen LogP contribution < -0.4 is 5.73 Å². The van der Waals surface area contributed by atoms with Crippen LogP contribution in [0.4, 0.5) is 5.69 Å². The van der Waals surface area contributed by atoms with Gasteiger partial charge in [0.05, 0.1) is 17.6 Å². The molecule has 0 atom stereocenters. The molecule has 2 N–H and O–H groups in total. The summed E-state index contributed by atoms with van der Waals surface area (Å²) in [6, 6.07) is 4.04. The molecule has 0 radical (unpaired) electrons. The summed E-state index contributed by atoms with van der Waals surface area (Å²) in [4.78, 5) is 11.6. The van der Waals surface area contributed by atoms with Crippen molar-refractivity contribution >= 4 is 21.7 Å². The third-order valence-electron chi connectivity index (χ3n) is 2.92. The number of hydrogen-bond donors (Lipinski definition) is 1. The fourth-order valence-electron chi connectivity index (χ4n) is 1.76. The van der Waals surface area contributed by atoms with Crippen molar-refractivity contribution in [2.24, 2.45) is 0 Å². The molecule has 0 fully saturated rings. The van der Waals surface area contributed by atoms with Crippen molar-refractivity contribution in [1.29, 1.82) is 0 Å². The van der Waals surface area contributed by atoms with E-state index in [9.17, 15) is 13.2 Å². The minimum absolute atomic E-state index is 0.0731. The van der Waals surface area contributed by atoms with Crippen molar-refractivity contribution in [1.82, 2.24) is 4.31 Å². The number of rotatable bonds is 7. The molecular formula is C13H20N2O5S. The lowest BCUT2D eigenvalue weighted by molar-refractivity contribution is 0.0596. The Balaban J connectivity index is 3.16. The standard InChI is InChI=1S/C13H20N2O5S/c1-15(7-4-8-19-2)21(17,18)12-6-5-10(14)9-11(12)13(16)20-3/h5-6,9H,4,7-8,14H2,1-3H3. The quantitative estimate of drug-likeness (QED) is 0.452. The minimum Gasteiger partial charge on any atom is -0.465 e. The van der Waals surface area contributed by atoms with E-state index in [0.717, 1.165) is 0 Å². The molecular weight excluding hydrogens is 296 g/mol. The number of hydrogen-bond acceptors (Lipinski definition) is 6. The fraction of sp³-hybridized carbons (Fsp3) is 0.462. The zero-order valence-electron chi connectivity index (χ0n) is 12.3. The van der Waals surface area contributed by atoms with E-state index in [-0.39, 0.29) is 22.7 Å². The van der Waals surface area contributed by atoms with E-state index in [0.29, 0.717) is 13.0 Å². The predicted molar refractivity (Wildman–Crippen MR) is 78.5 cm³/mol. The normalized spacial score (nSPS) is 11.6. The summed E-state index contributed by atoms with van der Waals surface area (Å²) < 4.78 is 35.7. The van der Waals surface area contributed by atoms with Crippen LogP contribution in [0.15, 0.2) is 23.1 Å². The molecule has 0 unspecified atom stereocenters. The van der Waals surface area contributed by atoms with E-state index in [1.54, 1.807) is 7.11 Å². The first kappa shape index (κ1) is 17.4.